The van der Waals surface area contributed by atoms with Crippen molar-refractivity contribution < 1.29 is 9.90 Å². The molecule has 1 fully saturated rings. The zero-order valence-electron chi connectivity index (χ0n) is 8.12. The zero-order valence-corrected chi connectivity index (χ0v) is 8.12. The Balaban J connectivity index is 2.23. The number of hydrogen-bond acceptors (Lipinski definition) is 3. The van der Waals surface area contributed by atoms with Gasteiger partial charge in [0.2, 0.25) is 5.91 Å². The Morgan fingerprint density at radius 3 is 3.08 bits per heavy atom. The molecule has 1 rings (SSSR count). The number of amides is 1. The first-order chi connectivity index (χ1) is 6.27. The largest absolute Gasteiger partial charge is 0.395 e. The topological polar surface area (TPSA) is 52.6 Å². The number of nitrogens with zero attached hydrogens (tertiary/aromatic N) is 1. The lowest BCUT2D eigenvalue weighted by Gasteiger charge is -2.21. The van der Waals surface area contributed by atoms with Crippen molar-refractivity contribution in [2.24, 2.45) is 0 Å². The van der Waals surface area contributed by atoms with E-state index in [0.29, 0.717) is 6.42 Å². The van der Waals surface area contributed by atoms with E-state index in [9.17, 15) is 4.79 Å². The van der Waals surface area contributed by atoms with Crippen LogP contribution in [0.4, 0.5) is 0 Å². The van der Waals surface area contributed by atoms with Crippen molar-refractivity contribution in [2.75, 3.05) is 26.7 Å². The molecule has 4 nitrogen and oxygen atoms in total. The summed E-state index contributed by atoms with van der Waals surface area (Å²) in [5, 5.41) is 11.6. The van der Waals surface area contributed by atoms with Crippen molar-refractivity contribution in [1.82, 2.24) is 10.2 Å². The van der Waals surface area contributed by atoms with Crippen LogP contribution in [0.25, 0.3) is 0 Å². The number of carbonyl (C=O) groups is 1. The summed E-state index contributed by atoms with van der Waals surface area (Å²) in [6.07, 6.45) is 2.73. The Kier molecular flexibility index (Phi) is 4.18. The van der Waals surface area contributed by atoms with Crippen molar-refractivity contribution in [3.05, 3.63) is 0 Å². The number of carbonyl (C=O) groups excluding carboxylic acids is 1. The standard InChI is InChI=1S/C9H18N2O2/c1-10-9(13)4-6-11-5-2-3-8(11)7-12/h8,12H,2-7H2,1H3,(H,10,13)/t8-/m0/s1. The third-order valence-electron chi connectivity index (χ3n) is 2.61. The average molecular weight is 186 g/mol. The van der Waals surface area contributed by atoms with Gasteiger partial charge < -0.3 is 10.4 Å². The van der Waals surface area contributed by atoms with Crippen LogP contribution in [-0.2, 0) is 4.79 Å². The number of likely N-dealkylation sites (tertiary alicyclic amines) is 1. The molecule has 0 aromatic carbocycles. The third kappa shape index (κ3) is 2.97. The van der Waals surface area contributed by atoms with E-state index in [-0.39, 0.29) is 18.6 Å². The Labute approximate surface area is 78.9 Å². The first-order valence-corrected chi connectivity index (χ1v) is 4.83. The van der Waals surface area contributed by atoms with Crippen molar-refractivity contribution in [1.29, 1.82) is 0 Å². The maximum Gasteiger partial charge on any atom is 0.221 e. The number of aliphatic hydroxyl groups is 1. The molecule has 1 aliphatic rings. The number of aliphatic hydroxyl groups excluding tert-OH is 1. The van der Waals surface area contributed by atoms with E-state index in [0.717, 1.165) is 25.9 Å². The van der Waals surface area contributed by atoms with Gasteiger partial charge in [-0.2, -0.15) is 0 Å². The molecule has 0 aromatic heterocycles. The SMILES string of the molecule is CNC(=O)CCN1CCC[C@H]1CO. The summed E-state index contributed by atoms with van der Waals surface area (Å²) in [6.45, 7) is 2.00. The van der Waals surface area contributed by atoms with Gasteiger partial charge in [0.1, 0.15) is 0 Å². The van der Waals surface area contributed by atoms with Crippen LogP contribution in [0.15, 0.2) is 0 Å². The van der Waals surface area contributed by atoms with Crippen LogP contribution in [0.3, 0.4) is 0 Å². The first kappa shape index (κ1) is 10.5. The van der Waals surface area contributed by atoms with E-state index in [1.165, 1.54) is 0 Å². The number of hydrogen-bond donors (Lipinski definition) is 2. The fourth-order valence-electron chi connectivity index (χ4n) is 1.77. The molecule has 1 amide bonds. The summed E-state index contributed by atoms with van der Waals surface area (Å²) in [6, 6.07) is 0.282. The van der Waals surface area contributed by atoms with Gasteiger partial charge in [-0.05, 0) is 19.4 Å². The zero-order chi connectivity index (χ0) is 9.68. The van der Waals surface area contributed by atoms with Gasteiger partial charge in [0.25, 0.3) is 0 Å². The van der Waals surface area contributed by atoms with Gasteiger partial charge >= 0.3 is 0 Å². The summed E-state index contributed by atoms with van der Waals surface area (Å²) >= 11 is 0. The van der Waals surface area contributed by atoms with Gasteiger partial charge in [-0.15, -0.1) is 0 Å². The molecule has 1 saturated heterocycles. The van der Waals surface area contributed by atoms with Crippen LogP contribution in [0.2, 0.25) is 0 Å². The van der Waals surface area contributed by atoms with Crippen molar-refractivity contribution in [2.45, 2.75) is 25.3 Å². The summed E-state index contributed by atoms with van der Waals surface area (Å²) in [5.74, 6) is 0.0728. The highest BCUT2D eigenvalue weighted by atomic mass is 16.3. The molecule has 0 saturated carbocycles. The quantitative estimate of drug-likeness (QED) is 0.627. The van der Waals surface area contributed by atoms with Gasteiger partial charge in [0.05, 0.1) is 6.61 Å². The second-order valence-electron chi connectivity index (χ2n) is 3.44. The van der Waals surface area contributed by atoms with Gasteiger partial charge in [-0.3, -0.25) is 9.69 Å². The summed E-state index contributed by atoms with van der Waals surface area (Å²) < 4.78 is 0. The molecule has 76 valence electrons. The molecular formula is C9H18N2O2. The van der Waals surface area contributed by atoms with Crippen LogP contribution in [0.1, 0.15) is 19.3 Å². The minimum atomic E-state index is 0.0728. The van der Waals surface area contributed by atoms with Gasteiger partial charge in [0.15, 0.2) is 0 Å². The molecule has 0 bridgehead atoms. The second kappa shape index (κ2) is 5.19. The molecular weight excluding hydrogens is 168 g/mol. The van der Waals surface area contributed by atoms with E-state index in [4.69, 9.17) is 5.11 Å². The maximum atomic E-state index is 11.0. The summed E-state index contributed by atoms with van der Waals surface area (Å²) in [7, 11) is 1.65. The monoisotopic (exact) mass is 186 g/mol. The average Bonchev–Trinajstić information content (AvgIpc) is 2.61. The minimum Gasteiger partial charge on any atom is -0.395 e. The number of rotatable bonds is 4. The van der Waals surface area contributed by atoms with E-state index in [1.807, 2.05) is 0 Å². The van der Waals surface area contributed by atoms with E-state index in [1.54, 1.807) is 7.05 Å². The highest BCUT2D eigenvalue weighted by Gasteiger charge is 2.23. The third-order valence-corrected chi connectivity index (χ3v) is 2.61. The molecule has 4 heteroatoms. The van der Waals surface area contributed by atoms with E-state index >= 15 is 0 Å². The molecule has 1 aliphatic heterocycles. The van der Waals surface area contributed by atoms with Crippen molar-refractivity contribution in [3.8, 4) is 0 Å². The van der Waals surface area contributed by atoms with Crippen molar-refractivity contribution >= 4 is 5.91 Å². The minimum absolute atomic E-state index is 0.0728. The predicted molar refractivity (Wildman–Crippen MR) is 50.4 cm³/mol. The van der Waals surface area contributed by atoms with E-state index < -0.39 is 0 Å². The van der Waals surface area contributed by atoms with Crippen molar-refractivity contribution in [3.63, 3.8) is 0 Å². The molecule has 0 radical (unpaired) electrons. The highest BCUT2D eigenvalue weighted by Crippen LogP contribution is 2.16. The molecule has 0 unspecified atom stereocenters. The fourth-order valence-corrected chi connectivity index (χ4v) is 1.77. The van der Waals surface area contributed by atoms with Gasteiger partial charge in [-0.25, -0.2) is 0 Å². The molecule has 2 N–H and O–H groups in total. The van der Waals surface area contributed by atoms with Crippen LogP contribution in [0, 0.1) is 0 Å². The smallest absolute Gasteiger partial charge is 0.221 e. The second-order valence-corrected chi connectivity index (χ2v) is 3.44. The molecule has 0 aliphatic carbocycles. The number of nitrogens with one attached hydrogen (secondary N) is 1. The first-order valence-electron chi connectivity index (χ1n) is 4.83. The Morgan fingerprint density at radius 2 is 2.46 bits per heavy atom. The van der Waals surface area contributed by atoms with Crippen LogP contribution in [-0.4, -0.2) is 48.7 Å². The molecule has 0 aromatic rings. The lowest BCUT2D eigenvalue weighted by Crippen LogP contribution is -2.35. The van der Waals surface area contributed by atoms with E-state index in [2.05, 4.69) is 10.2 Å². The maximum absolute atomic E-state index is 11.0. The summed E-state index contributed by atoms with van der Waals surface area (Å²) in [4.78, 5) is 13.2. The summed E-state index contributed by atoms with van der Waals surface area (Å²) in [5.41, 5.74) is 0. The van der Waals surface area contributed by atoms with Crippen LogP contribution >= 0.6 is 0 Å². The molecule has 0 spiro atoms. The molecule has 13 heavy (non-hydrogen) atoms. The highest BCUT2D eigenvalue weighted by molar-refractivity contribution is 5.75. The lowest BCUT2D eigenvalue weighted by molar-refractivity contribution is -0.121. The molecule has 1 heterocycles. The Hall–Kier alpha value is -0.610. The van der Waals surface area contributed by atoms with Crippen LogP contribution in [0.5, 0.6) is 0 Å². The van der Waals surface area contributed by atoms with Gasteiger partial charge in [-0.1, -0.05) is 0 Å². The lowest BCUT2D eigenvalue weighted by atomic mass is 10.2. The van der Waals surface area contributed by atoms with Crippen LogP contribution < -0.4 is 5.32 Å². The molecule has 1 atom stereocenters. The Morgan fingerprint density at radius 1 is 1.69 bits per heavy atom. The van der Waals surface area contributed by atoms with Gasteiger partial charge in [0, 0.05) is 26.1 Å². The normalized spacial score (nSPS) is 23.4. The fraction of sp³-hybridized carbons (Fsp3) is 0.889. The Bertz CT molecular complexity index is 173. The predicted octanol–water partition coefficient (Wildman–Crippen LogP) is -0.421.